The molecule has 1 amide bonds. The van der Waals surface area contributed by atoms with Crippen LogP contribution in [0.15, 0.2) is 41.3 Å². The van der Waals surface area contributed by atoms with Crippen LogP contribution in [0.25, 0.3) is 0 Å². The number of carbonyl (C=O) groups is 2. The van der Waals surface area contributed by atoms with E-state index in [9.17, 15) is 26.8 Å². The van der Waals surface area contributed by atoms with Crippen molar-refractivity contribution in [1.29, 1.82) is 0 Å². The van der Waals surface area contributed by atoms with Crippen LogP contribution in [0.1, 0.15) is 10.4 Å². The lowest BCUT2D eigenvalue weighted by molar-refractivity contribution is -0.119. The minimum Gasteiger partial charge on any atom is -0.495 e. The van der Waals surface area contributed by atoms with Crippen LogP contribution in [0.2, 0.25) is 0 Å². The van der Waals surface area contributed by atoms with E-state index in [4.69, 9.17) is 9.47 Å². The predicted octanol–water partition coefficient (Wildman–Crippen LogP) is 1.68. The van der Waals surface area contributed by atoms with Gasteiger partial charge in [0.2, 0.25) is 10.0 Å². The molecule has 11 heteroatoms. The molecule has 0 heterocycles. The van der Waals surface area contributed by atoms with E-state index < -0.39 is 45.8 Å². The smallest absolute Gasteiger partial charge is 0.338 e. The van der Waals surface area contributed by atoms with E-state index in [-0.39, 0.29) is 16.2 Å². The van der Waals surface area contributed by atoms with Gasteiger partial charge in [-0.05, 0) is 37.4 Å². The van der Waals surface area contributed by atoms with Crippen LogP contribution >= 0.6 is 0 Å². The topological polar surface area (TPSA) is 111 Å². The number of benzene rings is 2. The van der Waals surface area contributed by atoms with Crippen LogP contribution in [0.4, 0.5) is 14.5 Å². The number of methoxy groups -OCH3 is 1. The standard InChI is InChI=1S/C17H16F2N2O6S/c1-20-28(24,25)15-7-10(3-6-14(15)26-2)17(23)27-9-16(22)21-13-8-11(18)4-5-12(13)19/h3-8,20H,9H2,1-2H3,(H,21,22). The molecule has 2 aromatic rings. The fraction of sp³-hybridized carbons (Fsp3) is 0.176. The second-order valence-electron chi connectivity index (χ2n) is 5.32. The Kier molecular flexibility index (Phi) is 6.65. The molecule has 28 heavy (non-hydrogen) atoms. The average Bonchev–Trinajstić information content (AvgIpc) is 2.68. The molecule has 0 saturated heterocycles. The van der Waals surface area contributed by atoms with Gasteiger partial charge in [-0.1, -0.05) is 0 Å². The Balaban J connectivity index is 2.10. The molecule has 0 fully saturated rings. The van der Waals surface area contributed by atoms with E-state index >= 15 is 0 Å². The molecule has 8 nitrogen and oxygen atoms in total. The van der Waals surface area contributed by atoms with E-state index in [0.717, 1.165) is 24.3 Å². The van der Waals surface area contributed by atoms with Gasteiger partial charge >= 0.3 is 5.97 Å². The third kappa shape index (κ3) is 5.02. The Labute approximate surface area is 159 Å². The maximum absolute atomic E-state index is 13.5. The molecule has 2 rings (SSSR count). The summed E-state index contributed by atoms with van der Waals surface area (Å²) < 4.78 is 62.4. The summed E-state index contributed by atoms with van der Waals surface area (Å²) in [5.74, 6) is -3.52. The molecule has 0 spiro atoms. The van der Waals surface area contributed by atoms with Gasteiger partial charge < -0.3 is 14.8 Å². The van der Waals surface area contributed by atoms with Gasteiger partial charge in [-0.15, -0.1) is 0 Å². The van der Waals surface area contributed by atoms with Crippen molar-refractivity contribution >= 4 is 27.6 Å². The Hall–Kier alpha value is -3.05. The molecular formula is C17H16F2N2O6S. The molecule has 0 unspecified atom stereocenters. The highest BCUT2D eigenvalue weighted by Gasteiger charge is 2.21. The summed E-state index contributed by atoms with van der Waals surface area (Å²) in [7, 11) is -1.47. The van der Waals surface area contributed by atoms with E-state index in [1.807, 2.05) is 0 Å². The normalized spacial score (nSPS) is 11.0. The number of anilines is 1. The lowest BCUT2D eigenvalue weighted by Crippen LogP contribution is -2.22. The van der Waals surface area contributed by atoms with Crippen molar-refractivity contribution in [2.75, 3.05) is 26.1 Å². The molecule has 0 aliphatic rings. The Morgan fingerprint density at radius 2 is 1.82 bits per heavy atom. The lowest BCUT2D eigenvalue weighted by atomic mass is 10.2. The summed E-state index contributed by atoms with van der Waals surface area (Å²) in [4.78, 5) is 23.6. The van der Waals surface area contributed by atoms with Gasteiger partial charge in [-0.2, -0.15) is 0 Å². The van der Waals surface area contributed by atoms with Crippen LogP contribution in [-0.4, -0.2) is 41.1 Å². The molecule has 2 aromatic carbocycles. The molecule has 0 bridgehead atoms. The highest BCUT2D eigenvalue weighted by molar-refractivity contribution is 7.89. The summed E-state index contributed by atoms with van der Waals surface area (Å²) in [5, 5.41) is 2.06. The number of hydrogen-bond acceptors (Lipinski definition) is 6. The first kappa shape index (κ1) is 21.3. The number of carbonyl (C=O) groups excluding carboxylic acids is 2. The third-order valence-corrected chi connectivity index (χ3v) is 4.93. The second kappa shape index (κ2) is 8.76. The number of sulfonamides is 1. The van der Waals surface area contributed by atoms with Crippen molar-refractivity contribution in [2.24, 2.45) is 0 Å². The fourth-order valence-corrected chi connectivity index (χ4v) is 3.04. The monoisotopic (exact) mass is 414 g/mol. The molecule has 150 valence electrons. The highest BCUT2D eigenvalue weighted by atomic mass is 32.2. The SMILES string of the molecule is CNS(=O)(=O)c1cc(C(=O)OCC(=O)Nc2cc(F)ccc2F)ccc1OC. The number of ether oxygens (including phenoxy) is 2. The predicted molar refractivity (Wildman–Crippen MR) is 94.5 cm³/mol. The fourth-order valence-electron chi connectivity index (χ4n) is 2.12. The molecule has 0 atom stereocenters. The first-order valence-corrected chi connectivity index (χ1v) is 9.20. The van der Waals surface area contributed by atoms with Crippen LogP contribution in [-0.2, 0) is 19.6 Å². The van der Waals surface area contributed by atoms with Gasteiger partial charge in [-0.25, -0.2) is 26.7 Å². The summed E-state index contributed by atoms with van der Waals surface area (Å²) >= 11 is 0. The van der Waals surface area contributed by atoms with Crippen LogP contribution in [0, 0.1) is 11.6 Å². The third-order valence-electron chi connectivity index (χ3n) is 3.49. The van der Waals surface area contributed by atoms with Crippen molar-refractivity contribution in [1.82, 2.24) is 4.72 Å². The zero-order valence-electron chi connectivity index (χ0n) is 14.8. The number of rotatable bonds is 7. The first-order chi connectivity index (χ1) is 13.2. The molecular weight excluding hydrogens is 398 g/mol. The van der Waals surface area contributed by atoms with E-state index in [0.29, 0.717) is 0 Å². The Morgan fingerprint density at radius 1 is 1.11 bits per heavy atom. The zero-order chi connectivity index (χ0) is 20.9. The van der Waals surface area contributed by atoms with Crippen molar-refractivity contribution in [3.05, 3.63) is 53.6 Å². The van der Waals surface area contributed by atoms with Crippen LogP contribution in [0.5, 0.6) is 5.75 Å². The van der Waals surface area contributed by atoms with Crippen LogP contribution < -0.4 is 14.8 Å². The number of hydrogen-bond donors (Lipinski definition) is 2. The molecule has 2 N–H and O–H groups in total. The first-order valence-electron chi connectivity index (χ1n) is 7.71. The molecule has 0 radical (unpaired) electrons. The summed E-state index contributed by atoms with van der Waals surface area (Å²) in [5.41, 5.74) is -0.563. The van der Waals surface area contributed by atoms with Crippen LogP contribution in [0.3, 0.4) is 0 Å². The Morgan fingerprint density at radius 3 is 2.46 bits per heavy atom. The highest BCUT2D eigenvalue weighted by Crippen LogP contribution is 2.25. The zero-order valence-corrected chi connectivity index (χ0v) is 15.6. The van der Waals surface area contributed by atoms with Gasteiger partial charge in [0.1, 0.15) is 22.3 Å². The van der Waals surface area contributed by atoms with Crippen molar-refractivity contribution in [2.45, 2.75) is 4.90 Å². The second-order valence-corrected chi connectivity index (χ2v) is 7.18. The summed E-state index contributed by atoms with van der Waals surface area (Å²) in [6.07, 6.45) is 0. The molecule has 0 aromatic heterocycles. The van der Waals surface area contributed by atoms with Gasteiger partial charge in [0, 0.05) is 6.07 Å². The molecule has 0 aliphatic heterocycles. The maximum Gasteiger partial charge on any atom is 0.338 e. The molecule has 0 saturated carbocycles. The van der Waals surface area contributed by atoms with Crippen molar-refractivity contribution in [3.63, 3.8) is 0 Å². The Bertz CT molecular complexity index is 1010. The number of halogens is 2. The average molecular weight is 414 g/mol. The summed E-state index contributed by atoms with van der Waals surface area (Å²) in [6, 6.07) is 6.01. The van der Waals surface area contributed by atoms with Crippen molar-refractivity contribution in [3.8, 4) is 5.75 Å². The van der Waals surface area contributed by atoms with Gasteiger partial charge in [0.25, 0.3) is 5.91 Å². The van der Waals surface area contributed by atoms with E-state index in [1.54, 1.807) is 0 Å². The number of nitrogens with one attached hydrogen (secondary N) is 2. The maximum atomic E-state index is 13.5. The molecule has 0 aliphatic carbocycles. The van der Waals surface area contributed by atoms with Gasteiger partial charge in [0.05, 0.1) is 18.4 Å². The number of amides is 1. The van der Waals surface area contributed by atoms with Gasteiger partial charge in [-0.3, -0.25) is 4.79 Å². The van der Waals surface area contributed by atoms with E-state index in [1.165, 1.54) is 26.3 Å². The number of esters is 1. The quantitative estimate of drug-likeness (QED) is 0.667. The minimum absolute atomic E-state index is 0.00484. The van der Waals surface area contributed by atoms with E-state index in [2.05, 4.69) is 10.0 Å². The summed E-state index contributed by atoms with van der Waals surface area (Å²) in [6.45, 7) is -0.797. The largest absolute Gasteiger partial charge is 0.495 e. The van der Waals surface area contributed by atoms with Crippen molar-refractivity contribution < 1.29 is 36.3 Å². The minimum atomic E-state index is -3.92. The lowest BCUT2D eigenvalue weighted by Gasteiger charge is -2.11. The van der Waals surface area contributed by atoms with Gasteiger partial charge in [0.15, 0.2) is 6.61 Å².